The van der Waals surface area contributed by atoms with Gasteiger partial charge in [0.1, 0.15) is 13.2 Å². The van der Waals surface area contributed by atoms with Crippen LogP contribution in [0.2, 0.25) is 0 Å². The highest BCUT2D eigenvalue weighted by molar-refractivity contribution is 5.43. The Morgan fingerprint density at radius 1 is 1.20 bits per heavy atom. The van der Waals surface area contributed by atoms with Crippen LogP contribution in [0.3, 0.4) is 0 Å². The Labute approximate surface area is 121 Å². The topological polar surface area (TPSA) is 33.7 Å². The van der Waals surface area contributed by atoms with E-state index in [1.54, 1.807) is 0 Å². The fourth-order valence-electron chi connectivity index (χ4n) is 2.69. The van der Waals surface area contributed by atoms with Gasteiger partial charge in [0, 0.05) is 25.7 Å². The van der Waals surface area contributed by atoms with E-state index in [0.29, 0.717) is 13.2 Å². The molecular weight excluding hydrogens is 252 g/mol. The van der Waals surface area contributed by atoms with Gasteiger partial charge in [-0.3, -0.25) is 4.90 Å². The summed E-state index contributed by atoms with van der Waals surface area (Å²) in [5, 5.41) is 3.52. The molecule has 0 bridgehead atoms. The van der Waals surface area contributed by atoms with Crippen LogP contribution in [0.4, 0.5) is 0 Å². The smallest absolute Gasteiger partial charge is 0.161 e. The Hall–Kier alpha value is -1.26. The van der Waals surface area contributed by atoms with Gasteiger partial charge in [-0.2, -0.15) is 0 Å². The summed E-state index contributed by atoms with van der Waals surface area (Å²) in [6.07, 6.45) is 2.77. The second kappa shape index (κ2) is 6.46. The molecule has 1 heterocycles. The molecule has 1 aliphatic carbocycles. The molecule has 0 atom stereocenters. The molecular formula is C16H24N2O2. The number of likely N-dealkylation sites (N-methyl/N-ethyl adjacent to an activating group) is 1. The van der Waals surface area contributed by atoms with E-state index in [0.717, 1.165) is 43.7 Å². The first-order valence-corrected chi connectivity index (χ1v) is 7.70. The molecule has 1 saturated carbocycles. The fourth-order valence-corrected chi connectivity index (χ4v) is 2.69. The minimum atomic E-state index is 0.650. The van der Waals surface area contributed by atoms with Gasteiger partial charge in [0.2, 0.25) is 0 Å². The normalized spacial score (nSPS) is 17.5. The summed E-state index contributed by atoms with van der Waals surface area (Å²) in [5.41, 5.74) is 1.25. The lowest BCUT2D eigenvalue weighted by Gasteiger charge is -2.20. The maximum absolute atomic E-state index is 5.60. The van der Waals surface area contributed by atoms with Gasteiger partial charge in [0.25, 0.3) is 0 Å². The van der Waals surface area contributed by atoms with E-state index in [1.807, 2.05) is 6.07 Å². The second-order valence-corrected chi connectivity index (χ2v) is 5.51. The summed E-state index contributed by atoms with van der Waals surface area (Å²) in [5.74, 6) is 1.75. The quantitative estimate of drug-likeness (QED) is 0.773. The first-order chi connectivity index (χ1) is 9.86. The Bertz CT molecular complexity index is 446. The van der Waals surface area contributed by atoms with Crippen molar-refractivity contribution in [2.45, 2.75) is 32.4 Å². The van der Waals surface area contributed by atoms with E-state index in [1.165, 1.54) is 18.4 Å². The van der Waals surface area contributed by atoms with Gasteiger partial charge in [0.15, 0.2) is 11.5 Å². The average Bonchev–Trinajstić information content (AvgIpc) is 3.32. The van der Waals surface area contributed by atoms with Crippen molar-refractivity contribution >= 4 is 0 Å². The van der Waals surface area contributed by atoms with Crippen LogP contribution in [-0.2, 0) is 6.54 Å². The van der Waals surface area contributed by atoms with Gasteiger partial charge in [-0.15, -0.1) is 0 Å². The highest BCUT2D eigenvalue weighted by Crippen LogP contribution is 2.30. The van der Waals surface area contributed by atoms with Crippen LogP contribution >= 0.6 is 0 Å². The Kier molecular flexibility index (Phi) is 4.43. The lowest BCUT2D eigenvalue weighted by molar-refractivity contribution is 0.171. The van der Waals surface area contributed by atoms with Crippen molar-refractivity contribution in [3.63, 3.8) is 0 Å². The van der Waals surface area contributed by atoms with Crippen molar-refractivity contribution in [2.75, 3.05) is 32.8 Å². The van der Waals surface area contributed by atoms with Crippen molar-refractivity contribution in [3.8, 4) is 11.5 Å². The van der Waals surface area contributed by atoms with Gasteiger partial charge in [0.05, 0.1) is 0 Å². The Balaban J connectivity index is 1.44. The predicted octanol–water partition coefficient (Wildman–Crippen LogP) is 2.03. The highest BCUT2D eigenvalue weighted by atomic mass is 16.6. The van der Waals surface area contributed by atoms with E-state index in [9.17, 15) is 0 Å². The molecule has 4 heteroatoms. The molecule has 0 amide bonds. The molecule has 4 nitrogen and oxygen atoms in total. The van der Waals surface area contributed by atoms with Crippen molar-refractivity contribution in [3.05, 3.63) is 23.8 Å². The van der Waals surface area contributed by atoms with E-state index >= 15 is 0 Å². The fraction of sp³-hybridized carbons (Fsp3) is 0.625. The standard InChI is InChI=1S/C16H24N2O2/c1-2-18(14-4-5-14)8-7-17-12-13-3-6-15-16(11-13)20-10-9-19-15/h3,6,11,14,17H,2,4-5,7-10,12H2,1H3. The molecule has 1 aliphatic heterocycles. The number of benzene rings is 1. The van der Waals surface area contributed by atoms with Crippen molar-refractivity contribution in [2.24, 2.45) is 0 Å². The molecule has 0 saturated heterocycles. The number of hydrogen-bond donors (Lipinski definition) is 1. The van der Waals surface area contributed by atoms with Crippen LogP contribution in [-0.4, -0.2) is 43.8 Å². The van der Waals surface area contributed by atoms with Crippen molar-refractivity contribution in [1.29, 1.82) is 0 Å². The predicted molar refractivity (Wildman–Crippen MR) is 79.4 cm³/mol. The average molecular weight is 276 g/mol. The molecule has 0 radical (unpaired) electrons. The molecule has 0 spiro atoms. The third kappa shape index (κ3) is 3.44. The van der Waals surface area contributed by atoms with Gasteiger partial charge in [-0.05, 0) is 37.1 Å². The number of rotatable bonds is 7. The second-order valence-electron chi connectivity index (χ2n) is 5.51. The van der Waals surface area contributed by atoms with Crippen LogP contribution in [0.15, 0.2) is 18.2 Å². The van der Waals surface area contributed by atoms with Crippen LogP contribution < -0.4 is 14.8 Å². The minimum absolute atomic E-state index is 0.650. The number of hydrogen-bond acceptors (Lipinski definition) is 4. The lowest BCUT2D eigenvalue weighted by atomic mass is 10.2. The molecule has 0 aromatic heterocycles. The lowest BCUT2D eigenvalue weighted by Crippen LogP contribution is -2.33. The summed E-state index contributed by atoms with van der Waals surface area (Å²) in [6, 6.07) is 7.06. The van der Waals surface area contributed by atoms with Crippen molar-refractivity contribution in [1.82, 2.24) is 10.2 Å². The van der Waals surface area contributed by atoms with Gasteiger partial charge < -0.3 is 14.8 Å². The molecule has 2 aliphatic rings. The summed E-state index contributed by atoms with van der Waals surface area (Å²) in [6.45, 7) is 7.79. The molecule has 0 unspecified atom stereocenters. The van der Waals surface area contributed by atoms with Crippen LogP contribution in [0.25, 0.3) is 0 Å². The van der Waals surface area contributed by atoms with Gasteiger partial charge >= 0.3 is 0 Å². The van der Waals surface area contributed by atoms with Crippen molar-refractivity contribution < 1.29 is 9.47 Å². The molecule has 3 rings (SSSR count). The van der Waals surface area contributed by atoms with E-state index < -0.39 is 0 Å². The monoisotopic (exact) mass is 276 g/mol. The first kappa shape index (κ1) is 13.7. The zero-order chi connectivity index (χ0) is 13.8. The molecule has 1 aromatic carbocycles. The Morgan fingerprint density at radius 3 is 2.75 bits per heavy atom. The number of fused-ring (bicyclic) bond motifs is 1. The summed E-state index contributed by atoms with van der Waals surface area (Å²) >= 11 is 0. The maximum atomic E-state index is 5.60. The minimum Gasteiger partial charge on any atom is -0.486 e. The first-order valence-electron chi connectivity index (χ1n) is 7.70. The molecule has 1 aromatic rings. The molecule has 20 heavy (non-hydrogen) atoms. The highest BCUT2D eigenvalue weighted by Gasteiger charge is 2.26. The summed E-state index contributed by atoms with van der Waals surface area (Å²) in [7, 11) is 0. The third-order valence-electron chi connectivity index (χ3n) is 3.98. The maximum Gasteiger partial charge on any atom is 0.161 e. The van der Waals surface area contributed by atoms with Gasteiger partial charge in [-0.25, -0.2) is 0 Å². The zero-order valence-corrected chi connectivity index (χ0v) is 12.2. The van der Waals surface area contributed by atoms with E-state index in [2.05, 4.69) is 29.3 Å². The van der Waals surface area contributed by atoms with Crippen LogP contribution in [0.1, 0.15) is 25.3 Å². The van der Waals surface area contributed by atoms with E-state index in [4.69, 9.17) is 9.47 Å². The zero-order valence-electron chi connectivity index (χ0n) is 12.2. The SMILES string of the molecule is CCN(CCNCc1ccc2c(c1)OCCO2)C1CC1. The molecule has 110 valence electrons. The van der Waals surface area contributed by atoms with Crippen LogP contribution in [0, 0.1) is 0 Å². The third-order valence-corrected chi connectivity index (χ3v) is 3.98. The summed E-state index contributed by atoms with van der Waals surface area (Å²) < 4.78 is 11.1. The number of ether oxygens (including phenoxy) is 2. The van der Waals surface area contributed by atoms with Crippen LogP contribution in [0.5, 0.6) is 11.5 Å². The number of nitrogens with zero attached hydrogens (tertiary/aromatic N) is 1. The Morgan fingerprint density at radius 2 is 2.00 bits per heavy atom. The summed E-state index contributed by atoms with van der Waals surface area (Å²) in [4.78, 5) is 2.57. The molecule has 1 N–H and O–H groups in total. The van der Waals surface area contributed by atoms with E-state index in [-0.39, 0.29) is 0 Å². The van der Waals surface area contributed by atoms with Gasteiger partial charge in [-0.1, -0.05) is 13.0 Å². The largest absolute Gasteiger partial charge is 0.486 e. The molecule has 1 fully saturated rings. The number of nitrogens with one attached hydrogen (secondary N) is 1.